The van der Waals surface area contributed by atoms with Crippen LogP contribution < -0.4 is 0 Å². The van der Waals surface area contributed by atoms with E-state index in [0.29, 0.717) is 5.92 Å². The Labute approximate surface area is 80.7 Å². The summed E-state index contributed by atoms with van der Waals surface area (Å²) in [5, 5.41) is 17.6. The third-order valence-corrected chi connectivity index (χ3v) is 2.96. The van der Waals surface area contributed by atoms with Gasteiger partial charge in [0.25, 0.3) is 5.79 Å². The van der Waals surface area contributed by atoms with Crippen molar-refractivity contribution in [2.75, 3.05) is 0 Å². The summed E-state index contributed by atoms with van der Waals surface area (Å²) in [4.78, 5) is 0. The fraction of sp³-hybridized carbons (Fsp3) is 1.00. The molecule has 2 nitrogen and oxygen atoms in total. The maximum atomic E-state index is 12.1. The zero-order chi connectivity index (χ0) is 11.1. The Hall–Kier alpha value is -0.290. The summed E-state index contributed by atoms with van der Waals surface area (Å²) in [5.74, 6) is -3.22. The van der Waals surface area contributed by atoms with Crippen molar-refractivity contribution in [3.05, 3.63) is 0 Å². The standard InChI is InChI=1S/C9H15F3O2/c1-5-3-7(5)6(2)4-8(13,14)9(10,11)12/h5-7,13-14H,3-4H2,1-2H3. The molecule has 84 valence electrons. The van der Waals surface area contributed by atoms with E-state index in [0.717, 1.165) is 6.42 Å². The summed E-state index contributed by atoms with van der Waals surface area (Å²) in [7, 11) is 0. The third-order valence-electron chi connectivity index (χ3n) is 2.96. The normalized spacial score (nSPS) is 30.2. The Bertz CT molecular complexity index is 213. The van der Waals surface area contributed by atoms with Crippen LogP contribution in [0.3, 0.4) is 0 Å². The molecule has 5 heteroatoms. The van der Waals surface area contributed by atoms with Gasteiger partial charge in [-0.05, 0) is 24.2 Å². The molecule has 1 rings (SSSR count). The van der Waals surface area contributed by atoms with Gasteiger partial charge in [0.2, 0.25) is 0 Å². The lowest BCUT2D eigenvalue weighted by atomic mass is 9.95. The predicted molar refractivity (Wildman–Crippen MR) is 44.3 cm³/mol. The smallest absolute Gasteiger partial charge is 0.359 e. The fourth-order valence-electron chi connectivity index (χ4n) is 1.86. The molecule has 3 atom stereocenters. The van der Waals surface area contributed by atoms with Gasteiger partial charge in [-0.1, -0.05) is 13.8 Å². The molecule has 0 radical (unpaired) electrons. The highest BCUT2D eigenvalue weighted by Crippen LogP contribution is 2.47. The molecular formula is C9H15F3O2. The average molecular weight is 212 g/mol. The number of alkyl halides is 3. The SMILES string of the molecule is CC1CC1C(C)CC(O)(O)C(F)(F)F. The van der Waals surface area contributed by atoms with Gasteiger partial charge in [-0.2, -0.15) is 13.2 Å². The van der Waals surface area contributed by atoms with Crippen LogP contribution in [0.1, 0.15) is 26.7 Å². The van der Waals surface area contributed by atoms with E-state index in [9.17, 15) is 13.2 Å². The van der Waals surface area contributed by atoms with Crippen molar-refractivity contribution >= 4 is 0 Å². The largest absolute Gasteiger partial charge is 0.442 e. The first-order valence-electron chi connectivity index (χ1n) is 4.66. The van der Waals surface area contributed by atoms with Gasteiger partial charge in [0.15, 0.2) is 0 Å². The van der Waals surface area contributed by atoms with Crippen LogP contribution in [0.2, 0.25) is 0 Å². The zero-order valence-electron chi connectivity index (χ0n) is 8.17. The maximum Gasteiger partial charge on any atom is 0.442 e. The van der Waals surface area contributed by atoms with Gasteiger partial charge in [-0.3, -0.25) is 0 Å². The Morgan fingerprint density at radius 3 is 2.07 bits per heavy atom. The number of aliphatic hydroxyl groups is 2. The van der Waals surface area contributed by atoms with Crippen molar-refractivity contribution in [2.24, 2.45) is 17.8 Å². The summed E-state index contributed by atoms with van der Waals surface area (Å²) in [6, 6.07) is 0. The average Bonchev–Trinajstić information content (AvgIpc) is 2.63. The predicted octanol–water partition coefficient (Wildman–Crippen LogP) is 1.91. The van der Waals surface area contributed by atoms with Gasteiger partial charge >= 0.3 is 6.18 Å². The maximum absolute atomic E-state index is 12.1. The van der Waals surface area contributed by atoms with Gasteiger partial charge < -0.3 is 10.2 Å². The molecule has 0 heterocycles. The molecule has 0 amide bonds. The molecule has 0 saturated heterocycles. The Morgan fingerprint density at radius 2 is 1.79 bits per heavy atom. The van der Waals surface area contributed by atoms with Crippen LogP contribution in [0.25, 0.3) is 0 Å². The first-order valence-corrected chi connectivity index (χ1v) is 4.66. The summed E-state index contributed by atoms with van der Waals surface area (Å²) in [5.41, 5.74) is 0. The molecule has 14 heavy (non-hydrogen) atoms. The number of hydrogen-bond donors (Lipinski definition) is 2. The van der Waals surface area contributed by atoms with E-state index in [-0.39, 0.29) is 11.8 Å². The van der Waals surface area contributed by atoms with E-state index in [1.807, 2.05) is 6.92 Å². The molecule has 1 saturated carbocycles. The van der Waals surface area contributed by atoms with Gasteiger partial charge in [-0.15, -0.1) is 0 Å². The van der Waals surface area contributed by atoms with E-state index in [1.165, 1.54) is 0 Å². The quantitative estimate of drug-likeness (QED) is 0.701. The van der Waals surface area contributed by atoms with E-state index in [1.54, 1.807) is 6.92 Å². The van der Waals surface area contributed by atoms with Crippen molar-refractivity contribution in [1.82, 2.24) is 0 Å². The van der Waals surface area contributed by atoms with E-state index >= 15 is 0 Å². The second-order valence-electron chi connectivity index (χ2n) is 4.37. The van der Waals surface area contributed by atoms with Crippen molar-refractivity contribution in [3.8, 4) is 0 Å². The van der Waals surface area contributed by atoms with E-state index in [4.69, 9.17) is 10.2 Å². The number of rotatable bonds is 3. The number of halogens is 3. The first kappa shape index (κ1) is 11.8. The highest BCUT2D eigenvalue weighted by molar-refractivity contribution is 4.89. The number of hydrogen-bond acceptors (Lipinski definition) is 2. The van der Waals surface area contributed by atoms with Crippen LogP contribution in [-0.4, -0.2) is 22.2 Å². The topological polar surface area (TPSA) is 40.5 Å². The van der Waals surface area contributed by atoms with Crippen LogP contribution in [0, 0.1) is 17.8 Å². The van der Waals surface area contributed by atoms with Crippen LogP contribution in [-0.2, 0) is 0 Å². The van der Waals surface area contributed by atoms with Crippen molar-refractivity contribution in [2.45, 2.75) is 38.7 Å². The van der Waals surface area contributed by atoms with Crippen LogP contribution >= 0.6 is 0 Å². The van der Waals surface area contributed by atoms with E-state index < -0.39 is 18.4 Å². The molecule has 2 N–H and O–H groups in total. The lowest BCUT2D eigenvalue weighted by Crippen LogP contribution is -2.46. The monoisotopic (exact) mass is 212 g/mol. The fourth-order valence-corrected chi connectivity index (χ4v) is 1.86. The first-order chi connectivity index (χ1) is 6.15. The van der Waals surface area contributed by atoms with Crippen LogP contribution in [0.5, 0.6) is 0 Å². The lowest BCUT2D eigenvalue weighted by molar-refractivity contribution is -0.354. The molecule has 1 aliphatic rings. The molecule has 0 aromatic carbocycles. The summed E-state index contributed by atoms with van der Waals surface area (Å²) >= 11 is 0. The molecule has 0 aromatic heterocycles. The van der Waals surface area contributed by atoms with Crippen molar-refractivity contribution in [1.29, 1.82) is 0 Å². The van der Waals surface area contributed by atoms with Gasteiger partial charge in [0.1, 0.15) is 0 Å². The third kappa shape index (κ3) is 2.39. The molecule has 1 fully saturated rings. The van der Waals surface area contributed by atoms with Crippen molar-refractivity contribution in [3.63, 3.8) is 0 Å². The van der Waals surface area contributed by atoms with Gasteiger partial charge in [0, 0.05) is 6.42 Å². The molecule has 3 unspecified atom stereocenters. The molecule has 0 spiro atoms. The van der Waals surface area contributed by atoms with Crippen molar-refractivity contribution < 1.29 is 23.4 Å². The van der Waals surface area contributed by atoms with Gasteiger partial charge in [-0.25, -0.2) is 0 Å². The molecule has 0 bridgehead atoms. The van der Waals surface area contributed by atoms with Gasteiger partial charge in [0.05, 0.1) is 0 Å². The highest BCUT2D eigenvalue weighted by Gasteiger charge is 2.54. The minimum atomic E-state index is -4.96. The lowest BCUT2D eigenvalue weighted by Gasteiger charge is -2.27. The minimum Gasteiger partial charge on any atom is -0.359 e. The Balaban J connectivity index is 2.50. The molecule has 0 aromatic rings. The summed E-state index contributed by atoms with van der Waals surface area (Å²) in [6.45, 7) is 3.58. The minimum absolute atomic E-state index is 0.205. The second-order valence-corrected chi connectivity index (χ2v) is 4.37. The molecular weight excluding hydrogens is 197 g/mol. The zero-order valence-corrected chi connectivity index (χ0v) is 8.17. The molecule has 0 aliphatic heterocycles. The van der Waals surface area contributed by atoms with E-state index in [2.05, 4.69) is 0 Å². The highest BCUT2D eigenvalue weighted by atomic mass is 19.4. The second kappa shape index (κ2) is 3.38. The summed E-state index contributed by atoms with van der Waals surface area (Å²) < 4.78 is 36.2. The Kier molecular flexibility index (Phi) is 2.84. The summed E-state index contributed by atoms with van der Waals surface area (Å²) in [6.07, 6.45) is -4.71. The van der Waals surface area contributed by atoms with Crippen LogP contribution in [0.15, 0.2) is 0 Å². The van der Waals surface area contributed by atoms with Crippen LogP contribution in [0.4, 0.5) is 13.2 Å². The Morgan fingerprint density at radius 1 is 1.36 bits per heavy atom. The molecule has 1 aliphatic carbocycles.